The molecule has 1 heterocycles. The molecule has 3 rings (SSSR count). The minimum atomic E-state index is 0.616. The average Bonchev–Trinajstić information content (AvgIpc) is 2.73. The van der Waals surface area contributed by atoms with Crippen LogP contribution in [0.2, 0.25) is 0 Å². The minimum Gasteiger partial charge on any atom is -0.314 e. The van der Waals surface area contributed by atoms with E-state index in [2.05, 4.69) is 53.8 Å². The summed E-state index contributed by atoms with van der Waals surface area (Å²) < 4.78 is 0. The van der Waals surface area contributed by atoms with Gasteiger partial charge in [-0.2, -0.15) is 0 Å². The van der Waals surface area contributed by atoms with E-state index in [0.717, 1.165) is 12.1 Å². The number of nitrogens with one attached hydrogen (secondary N) is 1. The van der Waals surface area contributed by atoms with E-state index in [1.165, 1.54) is 43.1 Å². The third-order valence-electron chi connectivity index (χ3n) is 4.52. The lowest BCUT2D eigenvalue weighted by molar-refractivity contribution is 0.419. The van der Waals surface area contributed by atoms with Gasteiger partial charge in [0.05, 0.1) is 5.52 Å². The van der Waals surface area contributed by atoms with Crippen LogP contribution in [0.3, 0.4) is 0 Å². The maximum absolute atomic E-state index is 4.65. The van der Waals surface area contributed by atoms with Gasteiger partial charge in [0.15, 0.2) is 0 Å². The predicted octanol–water partition coefficient (Wildman–Crippen LogP) is 4.26. The van der Waals surface area contributed by atoms with E-state index < -0.39 is 0 Å². The molecule has 0 aliphatic heterocycles. The van der Waals surface area contributed by atoms with Gasteiger partial charge < -0.3 is 5.32 Å². The van der Waals surface area contributed by atoms with Crippen LogP contribution in [0.1, 0.15) is 50.5 Å². The summed E-state index contributed by atoms with van der Waals surface area (Å²) >= 11 is 0. The zero-order valence-corrected chi connectivity index (χ0v) is 12.3. The van der Waals surface area contributed by atoms with Gasteiger partial charge in [-0.3, -0.25) is 4.98 Å². The molecular formula is C18H24N2. The molecule has 20 heavy (non-hydrogen) atoms. The Hall–Kier alpha value is -1.41. The summed E-state index contributed by atoms with van der Waals surface area (Å²) in [6.07, 6.45) is 8.76. The Morgan fingerprint density at radius 2 is 2.00 bits per heavy atom. The van der Waals surface area contributed by atoms with Crippen LogP contribution in [0.4, 0.5) is 0 Å². The summed E-state index contributed by atoms with van der Waals surface area (Å²) in [5, 5.41) is 4.96. The Morgan fingerprint density at radius 1 is 1.15 bits per heavy atom. The Bertz CT molecular complexity index is 564. The SMILES string of the molecule is CCNC1CCCCCC1c1cnc2ccccc2c1. The number of nitrogens with zero attached hydrogens (tertiary/aromatic N) is 1. The molecule has 1 fully saturated rings. The van der Waals surface area contributed by atoms with E-state index in [1.807, 2.05) is 0 Å². The number of pyridine rings is 1. The fourth-order valence-electron chi connectivity index (χ4n) is 3.50. The second-order valence-electron chi connectivity index (χ2n) is 5.87. The molecule has 2 atom stereocenters. The maximum atomic E-state index is 4.65. The lowest BCUT2D eigenvalue weighted by Crippen LogP contribution is -2.34. The second-order valence-corrected chi connectivity index (χ2v) is 5.87. The number of hydrogen-bond acceptors (Lipinski definition) is 2. The molecule has 1 aromatic heterocycles. The normalized spacial score (nSPS) is 23.6. The monoisotopic (exact) mass is 268 g/mol. The molecule has 2 aromatic rings. The van der Waals surface area contributed by atoms with Crippen molar-refractivity contribution in [2.45, 2.75) is 51.0 Å². The number of hydrogen-bond donors (Lipinski definition) is 1. The molecule has 2 unspecified atom stereocenters. The highest BCUT2D eigenvalue weighted by Gasteiger charge is 2.24. The van der Waals surface area contributed by atoms with Gasteiger partial charge in [-0.05, 0) is 37.1 Å². The molecule has 2 nitrogen and oxygen atoms in total. The molecular weight excluding hydrogens is 244 g/mol. The first-order valence-electron chi connectivity index (χ1n) is 7.96. The third kappa shape index (κ3) is 2.85. The quantitative estimate of drug-likeness (QED) is 0.841. The van der Waals surface area contributed by atoms with Gasteiger partial charge in [0.25, 0.3) is 0 Å². The summed E-state index contributed by atoms with van der Waals surface area (Å²) in [7, 11) is 0. The molecule has 0 bridgehead atoms. The molecule has 1 aliphatic carbocycles. The third-order valence-corrected chi connectivity index (χ3v) is 4.52. The first-order valence-corrected chi connectivity index (χ1v) is 7.96. The first-order chi connectivity index (χ1) is 9.88. The molecule has 2 heteroatoms. The van der Waals surface area contributed by atoms with E-state index in [0.29, 0.717) is 12.0 Å². The molecule has 0 saturated heterocycles. The topological polar surface area (TPSA) is 24.9 Å². The minimum absolute atomic E-state index is 0.616. The second kappa shape index (κ2) is 6.36. The summed E-state index contributed by atoms with van der Waals surface area (Å²) in [5.74, 6) is 0.620. The van der Waals surface area contributed by atoms with Crippen LogP contribution in [0, 0.1) is 0 Å². The van der Waals surface area contributed by atoms with Gasteiger partial charge in [0.1, 0.15) is 0 Å². The summed E-state index contributed by atoms with van der Waals surface area (Å²) in [6, 6.07) is 11.4. The van der Waals surface area contributed by atoms with E-state index in [4.69, 9.17) is 0 Å². The maximum Gasteiger partial charge on any atom is 0.0702 e. The van der Waals surface area contributed by atoms with E-state index in [1.54, 1.807) is 0 Å². The lowest BCUT2D eigenvalue weighted by atomic mass is 9.88. The van der Waals surface area contributed by atoms with Crippen molar-refractivity contribution in [3.05, 3.63) is 42.1 Å². The van der Waals surface area contributed by atoms with Crippen LogP contribution in [-0.4, -0.2) is 17.6 Å². The van der Waals surface area contributed by atoms with Crippen LogP contribution in [0.25, 0.3) is 10.9 Å². The largest absolute Gasteiger partial charge is 0.314 e. The predicted molar refractivity (Wildman–Crippen MR) is 85.0 cm³/mol. The van der Waals surface area contributed by atoms with Gasteiger partial charge in [-0.15, -0.1) is 0 Å². The lowest BCUT2D eigenvalue weighted by Gasteiger charge is -2.26. The summed E-state index contributed by atoms with van der Waals surface area (Å²) in [5.41, 5.74) is 2.52. The smallest absolute Gasteiger partial charge is 0.0702 e. The molecule has 1 saturated carbocycles. The Kier molecular flexibility index (Phi) is 4.31. The van der Waals surface area contributed by atoms with Crippen LogP contribution in [-0.2, 0) is 0 Å². The van der Waals surface area contributed by atoms with Gasteiger partial charge in [0, 0.05) is 23.5 Å². The van der Waals surface area contributed by atoms with Crippen molar-refractivity contribution < 1.29 is 0 Å². The number of benzene rings is 1. The number of likely N-dealkylation sites (N-methyl/N-ethyl adjacent to an activating group) is 1. The van der Waals surface area contributed by atoms with E-state index >= 15 is 0 Å². The van der Waals surface area contributed by atoms with Crippen molar-refractivity contribution >= 4 is 10.9 Å². The van der Waals surface area contributed by atoms with Crippen LogP contribution < -0.4 is 5.32 Å². The van der Waals surface area contributed by atoms with Crippen LogP contribution >= 0.6 is 0 Å². The highest BCUT2D eigenvalue weighted by Crippen LogP contribution is 2.32. The zero-order valence-electron chi connectivity index (χ0n) is 12.3. The zero-order chi connectivity index (χ0) is 13.8. The Morgan fingerprint density at radius 3 is 2.90 bits per heavy atom. The van der Waals surface area contributed by atoms with Crippen molar-refractivity contribution in [3.63, 3.8) is 0 Å². The molecule has 1 aromatic carbocycles. The fraction of sp³-hybridized carbons (Fsp3) is 0.500. The van der Waals surface area contributed by atoms with Crippen LogP contribution in [0.15, 0.2) is 36.5 Å². The van der Waals surface area contributed by atoms with Gasteiger partial charge in [-0.25, -0.2) is 0 Å². The molecule has 0 radical (unpaired) electrons. The summed E-state index contributed by atoms with van der Waals surface area (Å²) in [6.45, 7) is 3.27. The fourth-order valence-corrected chi connectivity index (χ4v) is 3.50. The van der Waals surface area contributed by atoms with Crippen molar-refractivity contribution in [1.29, 1.82) is 0 Å². The number of fused-ring (bicyclic) bond motifs is 1. The molecule has 0 spiro atoms. The molecule has 1 N–H and O–H groups in total. The highest BCUT2D eigenvalue weighted by molar-refractivity contribution is 5.78. The number of rotatable bonds is 3. The molecule has 106 valence electrons. The van der Waals surface area contributed by atoms with Crippen molar-refractivity contribution in [2.24, 2.45) is 0 Å². The van der Waals surface area contributed by atoms with E-state index in [9.17, 15) is 0 Å². The standard InChI is InChI=1S/C18H24N2/c1-2-19-18-11-5-3-4-9-16(18)15-12-14-8-6-7-10-17(14)20-13-15/h6-8,10,12-13,16,18-19H,2-5,9,11H2,1H3. The van der Waals surface area contributed by atoms with Gasteiger partial charge in [0.2, 0.25) is 0 Å². The molecule has 1 aliphatic rings. The van der Waals surface area contributed by atoms with Crippen molar-refractivity contribution in [2.75, 3.05) is 6.54 Å². The first kappa shape index (κ1) is 13.6. The number of aromatic nitrogens is 1. The Balaban J connectivity index is 1.93. The summed E-state index contributed by atoms with van der Waals surface area (Å²) in [4.78, 5) is 4.65. The average molecular weight is 268 g/mol. The molecule has 0 amide bonds. The van der Waals surface area contributed by atoms with Crippen molar-refractivity contribution in [3.8, 4) is 0 Å². The van der Waals surface area contributed by atoms with Crippen molar-refractivity contribution in [1.82, 2.24) is 10.3 Å². The van der Waals surface area contributed by atoms with Crippen LogP contribution in [0.5, 0.6) is 0 Å². The highest BCUT2D eigenvalue weighted by atomic mass is 14.9. The van der Waals surface area contributed by atoms with Gasteiger partial charge >= 0.3 is 0 Å². The van der Waals surface area contributed by atoms with Gasteiger partial charge in [-0.1, -0.05) is 44.4 Å². The number of para-hydroxylation sites is 1. The Labute approximate surface area is 121 Å². The van der Waals surface area contributed by atoms with E-state index in [-0.39, 0.29) is 0 Å².